The molecule has 5 heteroatoms. The third kappa shape index (κ3) is 2.09. The number of piperidine rings is 1. The number of carbonyl (C=O) groups excluding carboxylic acids is 2. The van der Waals surface area contributed by atoms with Crippen molar-refractivity contribution >= 4 is 11.7 Å². The van der Waals surface area contributed by atoms with Crippen LogP contribution in [0.5, 0.6) is 0 Å². The van der Waals surface area contributed by atoms with E-state index < -0.39 is 5.60 Å². The molecule has 1 aromatic heterocycles. The van der Waals surface area contributed by atoms with Crippen molar-refractivity contribution in [3.63, 3.8) is 0 Å². The van der Waals surface area contributed by atoms with Gasteiger partial charge in [-0.1, -0.05) is 49.4 Å². The molecule has 3 fully saturated rings. The fraction of sp³-hybridized carbons (Fsp3) is 0.417. The van der Waals surface area contributed by atoms with Gasteiger partial charge in [-0.05, 0) is 24.1 Å². The molecule has 0 unspecified atom stereocenters. The molecule has 5 nitrogen and oxygen atoms in total. The first-order valence-electron chi connectivity index (χ1n) is 10.5. The molecule has 29 heavy (non-hydrogen) atoms. The quantitative estimate of drug-likeness (QED) is 0.752. The van der Waals surface area contributed by atoms with Crippen LogP contribution in [-0.2, 0) is 14.3 Å². The van der Waals surface area contributed by atoms with Gasteiger partial charge in [0.1, 0.15) is 17.1 Å². The molecular formula is C24H23NO4. The molecule has 6 rings (SSSR count). The number of benzene rings is 1. The molecule has 1 amide bonds. The maximum Gasteiger partial charge on any atom is 0.230 e. The highest BCUT2D eigenvalue weighted by atomic mass is 16.5. The predicted octanol–water partition coefficient (Wildman–Crippen LogP) is 3.64. The van der Waals surface area contributed by atoms with Gasteiger partial charge in [-0.25, -0.2) is 0 Å². The minimum atomic E-state index is -0.732. The molecule has 0 saturated carbocycles. The molecule has 1 aromatic carbocycles. The van der Waals surface area contributed by atoms with Gasteiger partial charge >= 0.3 is 0 Å². The summed E-state index contributed by atoms with van der Waals surface area (Å²) in [5.41, 5.74) is 0.389. The van der Waals surface area contributed by atoms with Crippen molar-refractivity contribution in [2.45, 2.75) is 49.5 Å². The Bertz CT molecular complexity index is 997. The second-order valence-electron chi connectivity index (χ2n) is 8.62. The van der Waals surface area contributed by atoms with E-state index in [4.69, 9.17) is 9.15 Å². The minimum Gasteiger partial charge on any atom is -0.467 e. The fourth-order valence-electron chi connectivity index (χ4n) is 6.31. The van der Waals surface area contributed by atoms with Crippen LogP contribution in [0.1, 0.15) is 43.0 Å². The Hall–Kier alpha value is -2.66. The highest BCUT2D eigenvalue weighted by molar-refractivity contribution is 5.93. The minimum absolute atomic E-state index is 0.0239. The van der Waals surface area contributed by atoms with Crippen LogP contribution < -0.4 is 0 Å². The zero-order chi connectivity index (χ0) is 19.8. The molecule has 2 bridgehead atoms. The van der Waals surface area contributed by atoms with E-state index in [1.165, 1.54) is 0 Å². The summed E-state index contributed by atoms with van der Waals surface area (Å²) in [6.45, 7) is 2.03. The number of furan rings is 1. The third-order valence-electron chi connectivity index (χ3n) is 7.39. The Kier molecular flexibility index (Phi) is 3.52. The first-order chi connectivity index (χ1) is 14.2. The van der Waals surface area contributed by atoms with Crippen LogP contribution in [0.25, 0.3) is 0 Å². The average Bonchev–Trinajstić information content (AvgIpc) is 3.51. The van der Waals surface area contributed by atoms with Gasteiger partial charge in [-0.2, -0.15) is 0 Å². The summed E-state index contributed by atoms with van der Waals surface area (Å²) in [6, 6.07) is 13.2. The van der Waals surface area contributed by atoms with Crippen LogP contribution in [0, 0.1) is 11.8 Å². The topological polar surface area (TPSA) is 59.8 Å². The van der Waals surface area contributed by atoms with Gasteiger partial charge in [0.15, 0.2) is 0 Å². The molecule has 2 aromatic rings. The van der Waals surface area contributed by atoms with Crippen molar-refractivity contribution in [2.75, 3.05) is 0 Å². The molecule has 5 heterocycles. The van der Waals surface area contributed by atoms with E-state index in [1.807, 2.05) is 42.2 Å². The van der Waals surface area contributed by atoms with Gasteiger partial charge in [-0.3, -0.25) is 9.59 Å². The number of Topliss-reactive ketones (excluding diaryl/α,β-unsaturated/α-hetero) is 1. The van der Waals surface area contributed by atoms with Crippen LogP contribution in [-0.4, -0.2) is 34.3 Å². The zero-order valence-corrected chi connectivity index (χ0v) is 16.2. The lowest BCUT2D eigenvalue weighted by atomic mass is 9.68. The van der Waals surface area contributed by atoms with Gasteiger partial charge in [0.2, 0.25) is 5.91 Å². The molecule has 1 spiro atoms. The summed E-state index contributed by atoms with van der Waals surface area (Å²) >= 11 is 0. The van der Waals surface area contributed by atoms with Gasteiger partial charge in [0, 0.05) is 18.3 Å². The summed E-state index contributed by atoms with van der Waals surface area (Å²) in [4.78, 5) is 29.0. The lowest BCUT2D eigenvalue weighted by molar-refractivity contribution is -0.146. The largest absolute Gasteiger partial charge is 0.467 e. The number of carbonyl (C=O) groups is 2. The monoisotopic (exact) mass is 389 g/mol. The molecule has 0 radical (unpaired) electrons. The Morgan fingerprint density at radius 2 is 1.97 bits per heavy atom. The van der Waals surface area contributed by atoms with Gasteiger partial charge in [0.25, 0.3) is 0 Å². The third-order valence-corrected chi connectivity index (χ3v) is 7.39. The van der Waals surface area contributed by atoms with Gasteiger partial charge in [0.05, 0.1) is 30.4 Å². The number of amides is 1. The standard InChI is InChI=1S/C24H23NO4/c1-2-15-17(26)13-16(18-9-6-12-28-18)25-22(15)24-11-10-19(29-24)20(21(24)23(25)27)14-7-4-3-5-8-14/h3-12,15-16,19-22H,2,13H2,1H3/t15-,16+,19+,20-,21-,22-,24-/m0/s1. The smallest absolute Gasteiger partial charge is 0.230 e. The highest BCUT2D eigenvalue weighted by Crippen LogP contribution is 2.62. The van der Waals surface area contributed by atoms with Crippen molar-refractivity contribution in [1.29, 1.82) is 0 Å². The van der Waals surface area contributed by atoms with Crippen LogP contribution in [0.15, 0.2) is 65.3 Å². The van der Waals surface area contributed by atoms with E-state index in [1.54, 1.807) is 6.26 Å². The van der Waals surface area contributed by atoms with E-state index in [0.29, 0.717) is 18.6 Å². The highest BCUT2D eigenvalue weighted by Gasteiger charge is 2.73. The molecule has 148 valence electrons. The lowest BCUT2D eigenvalue weighted by Crippen LogP contribution is -2.56. The first kappa shape index (κ1) is 17.2. The van der Waals surface area contributed by atoms with Crippen LogP contribution >= 0.6 is 0 Å². The molecule has 0 aliphatic carbocycles. The molecule has 4 aliphatic heterocycles. The molecule has 0 N–H and O–H groups in total. The van der Waals surface area contributed by atoms with E-state index in [0.717, 1.165) is 5.56 Å². The zero-order valence-electron chi connectivity index (χ0n) is 16.2. The van der Waals surface area contributed by atoms with Crippen LogP contribution in [0.2, 0.25) is 0 Å². The predicted molar refractivity (Wildman–Crippen MR) is 105 cm³/mol. The molecule has 3 saturated heterocycles. The Morgan fingerprint density at radius 1 is 1.14 bits per heavy atom. The number of nitrogens with zero attached hydrogens (tertiary/aromatic N) is 1. The number of rotatable bonds is 3. The van der Waals surface area contributed by atoms with Crippen molar-refractivity contribution in [2.24, 2.45) is 11.8 Å². The SMILES string of the molecule is CC[C@H]1C(=O)C[C@H](c2ccco2)N2C(=O)[C@@H]3[C@@H](c4ccccc4)[C@H]4C=C[C@@]3(O4)[C@H]12. The van der Waals surface area contributed by atoms with E-state index in [-0.39, 0.29) is 47.6 Å². The number of fused-ring (bicyclic) bond motifs is 2. The van der Waals surface area contributed by atoms with Crippen molar-refractivity contribution in [1.82, 2.24) is 4.90 Å². The fourth-order valence-corrected chi connectivity index (χ4v) is 6.31. The van der Waals surface area contributed by atoms with E-state index >= 15 is 0 Å². The van der Waals surface area contributed by atoms with Gasteiger partial charge < -0.3 is 14.1 Å². The summed E-state index contributed by atoms with van der Waals surface area (Å²) in [5, 5.41) is 0. The Morgan fingerprint density at radius 3 is 2.69 bits per heavy atom. The van der Waals surface area contributed by atoms with Crippen molar-refractivity contribution in [3.8, 4) is 0 Å². The molecule has 7 atom stereocenters. The number of hydrogen-bond acceptors (Lipinski definition) is 4. The lowest BCUT2D eigenvalue weighted by Gasteiger charge is -2.44. The maximum atomic E-state index is 13.9. The Labute approximate surface area is 169 Å². The van der Waals surface area contributed by atoms with Crippen molar-refractivity contribution in [3.05, 3.63) is 72.2 Å². The van der Waals surface area contributed by atoms with Gasteiger partial charge in [-0.15, -0.1) is 0 Å². The average molecular weight is 389 g/mol. The van der Waals surface area contributed by atoms with Crippen molar-refractivity contribution < 1.29 is 18.7 Å². The first-order valence-corrected chi connectivity index (χ1v) is 10.5. The van der Waals surface area contributed by atoms with Crippen LogP contribution in [0.3, 0.4) is 0 Å². The van der Waals surface area contributed by atoms with E-state index in [9.17, 15) is 9.59 Å². The Balaban J connectivity index is 1.51. The van der Waals surface area contributed by atoms with E-state index in [2.05, 4.69) is 24.3 Å². The number of hydrogen-bond donors (Lipinski definition) is 0. The maximum absolute atomic E-state index is 13.9. The number of ether oxygens (including phenoxy) is 1. The van der Waals surface area contributed by atoms with Crippen LogP contribution in [0.4, 0.5) is 0 Å². The molecular weight excluding hydrogens is 366 g/mol. The number of ketones is 1. The summed E-state index contributed by atoms with van der Waals surface area (Å²) in [7, 11) is 0. The molecule has 4 aliphatic rings. The second kappa shape index (κ2) is 5.92. The summed E-state index contributed by atoms with van der Waals surface area (Å²) in [5.74, 6) is 0.418. The normalized spacial score (nSPS) is 39.8. The summed E-state index contributed by atoms with van der Waals surface area (Å²) < 4.78 is 12.2. The summed E-state index contributed by atoms with van der Waals surface area (Å²) in [6.07, 6.45) is 6.66. The second-order valence-corrected chi connectivity index (χ2v) is 8.62.